The predicted molar refractivity (Wildman–Crippen MR) is 77.5 cm³/mol. The van der Waals surface area contributed by atoms with Crippen molar-refractivity contribution in [2.45, 2.75) is 13.3 Å². The average molecular weight is 265 g/mol. The molecule has 1 amide bonds. The first-order chi connectivity index (χ1) is 9.61. The van der Waals surface area contributed by atoms with Gasteiger partial charge in [-0.2, -0.15) is 5.26 Å². The Morgan fingerprint density at radius 3 is 2.85 bits per heavy atom. The lowest BCUT2D eigenvalue weighted by Gasteiger charge is -2.18. The fraction of sp³-hybridized carbons (Fsp3) is 0.188. The molecule has 0 spiro atoms. The Morgan fingerprint density at radius 1 is 1.35 bits per heavy atom. The molecule has 1 heterocycles. The topological polar surface area (TPSA) is 57.0 Å². The number of aryl methyl sites for hydroxylation is 1. The summed E-state index contributed by atoms with van der Waals surface area (Å²) in [5.74, 6) is -0.114. The predicted octanol–water partition coefficient (Wildman–Crippen LogP) is 2.73. The van der Waals surface area contributed by atoms with Crippen LogP contribution in [0.1, 0.15) is 21.6 Å². The SMILES string of the molecule is Cc1cccc(N(C)C(=O)c2ccnc(CC#N)c2)c1. The van der Waals surface area contributed by atoms with Gasteiger partial charge in [0.2, 0.25) is 0 Å². The summed E-state index contributed by atoms with van der Waals surface area (Å²) in [5, 5.41) is 8.68. The smallest absolute Gasteiger partial charge is 0.258 e. The number of anilines is 1. The van der Waals surface area contributed by atoms with Crippen LogP contribution in [0.2, 0.25) is 0 Å². The van der Waals surface area contributed by atoms with Gasteiger partial charge in [-0.3, -0.25) is 9.78 Å². The van der Waals surface area contributed by atoms with E-state index in [-0.39, 0.29) is 12.3 Å². The summed E-state index contributed by atoms with van der Waals surface area (Å²) in [7, 11) is 1.74. The van der Waals surface area contributed by atoms with Crippen molar-refractivity contribution in [3.05, 3.63) is 59.4 Å². The van der Waals surface area contributed by atoms with E-state index in [2.05, 4.69) is 4.98 Å². The van der Waals surface area contributed by atoms with Gasteiger partial charge in [-0.05, 0) is 36.8 Å². The van der Waals surface area contributed by atoms with E-state index in [1.165, 1.54) is 0 Å². The number of nitrogens with zero attached hydrogens (tertiary/aromatic N) is 3. The molecule has 0 atom stereocenters. The number of nitriles is 1. The first-order valence-electron chi connectivity index (χ1n) is 6.28. The van der Waals surface area contributed by atoms with Gasteiger partial charge in [0.15, 0.2) is 0 Å². The number of amides is 1. The fourth-order valence-corrected chi connectivity index (χ4v) is 1.94. The van der Waals surface area contributed by atoms with Gasteiger partial charge in [0, 0.05) is 24.5 Å². The van der Waals surface area contributed by atoms with Crippen molar-refractivity contribution in [3.63, 3.8) is 0 Å². The number of benzene rings is 1. The summed E-state index contributed by atoms with van der Waals surface area (Å²) < 4.78 is 0. The van der Waals surface area contributed by atoms with Crippen LogP contribution >= 0.6 is 0 Å². The Hall–Kier alpha value is -2.67. The molecule has 0 unspecified atom stereocenters. The highest BCUT2D eigenvalue weighted by Crippen LogP contribution is 2.17. The van der Waals surface area contributed by atoms with Crippen molar-refractivity contribution >= 4 is 11.6 Å². The van der Waals surface area contributed by atoms with Crippen molar-refractivity contribution in [2.75, 3.05) is 11.9 Å². The van der Waals surface area contributed by atoms with Gasteiger partial charge in [-0.15, -0.1) is 0 Å². The van der Waals surface area contributed by atoms with Crippen LogP contribution in [-0.2, 0) is 6.42 Å². The molecule has 0 bridgehead atoms. The highest BCUT2D eigenvalue weighted by molar-refractivity contribution is 6.05. The lowest BCUT2D eigenvalue weighted by atomic mass is 10.1. The maximum absolute atomic E-state index is 12.4. The maximum atomic E-state index is 12.4. The van der Waals surface area contributed by atoms with E-state index < -0.39 is 0 Å². The third-order valence-corrected chi connectivity index (χ3v) is 3.02. The number of hydrogen-bond acceptors (Lipinski definition) is 3. The summed E-state index contributed by atoms with van der Waals surface area (Å²) in [6, 6.07) is 13.1. The second kappa shape index (κ2) is 5.98. The van der Waals surface area contributed by atoms with Crippen LogP contribution in [0.15, 0.2) is 42.6 Å². The average Bonchev–Trinajstić information content (AvgIpc) is 2.46. The van der Waals surface area contributed by atoms with Crippen LogP contribution in [0.5, 0.6) is 0 Å². The molecule has 0 saturated heterocycles. The minimum absolute atomic E-state index is 0.114. The lowest BCUT2D eigenvalue weighted by Crippen LogP contribution is -2.26. The lowest BCUT2D eigenvalue weighted by molar-refractivity contribution is 0.0993. The largest absolute Gasteiger partial charge is 0.311 e. The first-order valence-corrected chi connectivity index (χ1v) is 6.28. The Morgan fingerprint density at radius 2 is 2.15 bits per heavy atom. The van der Waals surface area contributed by atoms with Crippen LogP contribution < -0.4 is 4.90 Å². The van der Waals surface area contributed by atoms with Crippen LogP contribution in [-0.4, -0.2) is 17.9 Å². The molecule has 1 aromatic heterocycles. The third kappa shape index (κ3) is 3.01. The van der Waals surface area contributed by atoms with E-state index in [0.717, 1.165) is 11.3 Å². The van der Waals surface area contributed by atoms with E-state index in [1.807, 2.05) is 37.3 Å². The molecule has 4 heteroatoms. The van der Waals surface area contributed by atoms with Gasteiger partial charge < -0.3 is 4.90 Å². The Balaban J connectivity index is 2.27. The quantitative estimate of drug-likeness (QED) is 0.857. The Kier molecular flexibility index (Phi) is 4.11. The summed E-state index contributed by atoms with van der Waals surface area (Å²) in [6.45, 7) is 1.99. The zero-order valence-electron chi connectivity index (χ0n) is 11.5. The van der Waals surface area contributed by atoms with Gasteiger partial charge in [-0.25, -0.2) is 0 Å². The number of carbonyl (C=O) groups is 1. The second-order valence-electron chi connectivity index (χ2n) is 4.57. The molecule has 0 aliphatic carbocycles. The summed E-state index contributed by atoms with van der Waals surface area (Å²) in [6.07, 6.45) is 1.76. The third-order valence-electron chi connectivity index (χ3n) is 3.02. The molecule has 2 rings (SSSR count). The molecule has 4 nitrogen and oxygen atoms in total. The van der Waals surface area contributed by atoms with Gasteiger partial charge in [0.05, 0.1) is 18.2 Å². The van der Waals surface area contributed by atoms with Gasteiger partial charge in [0.1, 0.15) is 0 Å². The monoisotopic (exact) mass is 265 g/mol. The molecule has 1 aromatic carbocycles. The van der Waals surface area contributed by atoms with Crippen molar-refractivity contribution in [1.82, 2.24) is 4.98 Å². The van der Waals surface area contributed by atoms with E-state index in [0.29, 0.717) is 11.3 Å². The molecule has 0 aliphatic heterocycles. The normalized spacial score (nSPS) is 9.85. The second-order valence-corrected chi connectivity index (χ2v) is 4.57. The number of pyridine rings is 1. The molecule has 0 aliphatic rings. The molecular formula is C16H15N3O. The highest BCUT2D eigenvalue weighted by atomic mass is 16.2. The summed E-state index contributed by atoms with van der Waals surface area (Å²) >= 11 is 0. The fourth-order valence-electron chi connectivity index (χ4n) is 1.94. The van der Waals surface area contributed by atoms with Crippen LogP contribution in [0.3, 0.4) is 0 Å². The van der Waals surface area contributed by atoms with E-state index >= 15 is 0 Å². The highest BCUT2D eigenvalue weighted by Gasteiger charge is 2.14. The van der Waals surface area contributed by atoms with E-state index in [9.17, 15) is 4.79 Å². The zero-order valence-corrected chi connectivity index (χ0v) is 11.5. The van der Waals surface area contributed by atoms with Crippen LogP contribution in [0.25, 0.3) is 0 Å². The van der Waals surface area contributed by atoms with Crippen LogP contribution in [0.4, 0.5) is 5.69 Å². The zero-order chi connectivity index (χ0) is 14.5. The molecule has 0 fully saturated rings. The molecule has 100 valence electrons. The molecule has 0 N–H and O–H groups in total. The van der Waals surface area contributed by atoms with E-state index in [1.54, 1.807) is 30.3 Å². The minimum Gasteiger partial charge on any atom is -0.311 e. The van der Waals surface area contributed by atoms with Gasteiger partial charge >= 0.3 is 0 Å². The number of carbonyl (C=O) groups excluding carboxylic acids is 1. The van der Waals surface area contributed by atoms with Crippen LogP contribution in [0, 0.1) is 18.3 Å². The number of aromatic nitrogens is 1. The van der Waals surface area contributed by atoms with Gasteiger partial charge in [0.25, 0.3) is 5.91 Å². The maximum Gasteiger partial charge on any atom is 0.258 e. The Bertz CT molecular complexity index is 673. The van der Waals surface area contributed by atoms with Gasteiger partial charge in [-0.1, -0.05) is 12.1 Å². The molecule has 0 saturated carbocycles. The molecule has 20 heavy (non-hydrogen) atoms. The number of rotatable bonds is 3. The van der Waals surface area contributed by atoms with E-state index in [4.69, 9.17) is 5.26 Å². The summed E-state index contributed by atoms with van der Waals surface area (Å²) in [5.41, 5.74) is 3.08. The van der Waals surface area contributed by atoms with Crippen molar-refractivity contribution in [1.29, 1.82) is 5.26 Å². The van der Waals surface area contributed by atoms with Crippen molar-refractivity contribution in [2.24, 2.45) is 0 Å². The van der Waals surface area contributed by atoms with Crippen molar-refractivity contribution in [3.8, 4) is 6.07 Å². The summed E-state index contributed by atoms with van der Waals surface area (Å²) in [4.78, 5) is 18.1. The molecule has 2 aromatic rings. The molecular weight excluding hydrogens is 250 g/mol. The minimum atomic E-state index is -0.114. The molecule has 0 radical (unpaired) electrons. The standard InChI is InChI=1S/C16H15N3O/c1-12-4-3-5-15(10-12)19(2)16(20)13-7-9-18-14(11-13)6-8-17/h3-5,7,9-11H,6H2,1-2H3. The Labute approximate surface area is 118 Å². The first kappa shape index (κ1) is 13.8. The number of hydrogen-bond donors (Lipinski definition) is 0. The van der Waals surface area contributed by atoms with Crippen molar-refractivity contribution < 1.29 is 4.79 Å².